The van der Waals surface area contributed by atoms with Crippen molar-refractivity contribution in [3.63, 3.8) is 0 Å². The van der Waals surface area contributed by atoms with Crippen LogP contribution in [-0.4, -0.2) is 38.5 Å². The number of halogens is 2. The van der Waals surface area contributed by atoms with Crippen molar-refractivity contribution in [3.8, 4) is 5.75 Å². The van der Waals surface area contributed by atoms with Crippen molar-refractivity contribution in [2.75, 3.05) is 17.2 Å². The van der Waals surface area contributed by atoms with Gasteiger partial charge in [-0.25, -0.2) is 14.4 Å². The molecule has 0 aliphatic rings. The first-order valence-corrected chi connectivity index (χ1v) is 12.6. The number of carbonyl (C=O) groups excluding carboxylic acids is 2. The number of hydrogen-bond acceptors (Lipinski definition) is 7. The van der Waals surface area contributed by atoms with E-state index in [1.165, 1.54) is 30.9 Å². The summed E-state index contributed by atoms with van der Waals surface area (Å²) in [6.45, 7) is 0.341. The molecule has 0 bridgehead atoms. The first-order valence-electron chi connectivity index (χ1n) is 12.2. The van der Waals surface area contributed by atoms with Gasteiger partial charge in [0.2, 0.25) is 5.91 Å². The summed E-state index contributed by atoms with van der Waals surface area (Å²) in [7, 11) is 0. The van der Waals surface area contributed by atoms with Crippen molar-refractivity contribution in [1.29, 1.82) is 0 Å². The molecule has 3 aromatic carbocycles. The van der Waals surface area contributed by atoms with Gasteiger partial charge in [-0.2, -0.15) is 5.10 Å². The lowest BCUT2D eigenvalue weighted by molar-refractivity contribution is -0.116. The highest BCUT2D eigenvalue weighted by Crippen LogP contribution is 2.31. The number of fused-ring (bicyclic) bond motifs is 1. The Hall–Kier alpha value is -5.03. The van der Waals surface area contributed by atoms with Gasteiger partial charge in [0.25, 0.3) is 5.91 Å². The first kappa shape index (κ1) is 26.6. The Bertz CT molecular complexity index is 1660. The number of carbonyl (C=O) groups is 2. The van der Waals surface area contributed by atoms with E-state index in [1.807, 2.05) is 0 Å². The molecular weight excluding hydrogens is 537 g/mol. The van der Waals surface area contributed by atoms with Crippen molar-refractivity contribution in [3.05, 3.63) is 101 Å². The SMILES string of the molecule is O=C(CCNC(=O)c1cn[nH]c1)Nc1ccc2ncnc(Nc3ccc(OCc4cccc(F)c4)c(Cl)c3)c2c1. The van der Waals surface area contributed by atoms with E-state index in [1.54, 1.807) is 48.5 Å². The minimum Gasteiger partial charge on any atom is -0.487 e. The van der Waals surface area contributed by atoms with Crippen LogP contribution in [0.4, 0.5) is 21.6 Å². The summed E-state index contributed by atoms with van der Waals surface area (Å²) in [5.41, 5.74) is 2.96. The molecule has 2 amide bonds. The maximum absolute atomic E-state index is 13.4. The lowest BCUT2D eigenvalue weighted by Gasteiger charge is -2.13. The summed E-state index contributed by atoms with van der Waals surface area (Å²) in [5.74, 6) is 0.0552. The second-order valence-electron chi connectivity index (χ2n) is 8.68. The van der Waals surface area contributed by atoms with Gasteiger partial charge in [0.1, 0.15) is 30.3 Å². The predicted molar refractivity (Wildman–Crippen MR) is 149 cm³/mol. The Kier molecular flexibility index (Phi) is 8.12. The van der Waals surface area contributed by atoms with E-state index in [0.29, 0.717) is 50.0 Å². The molecular formula is C28H23ClFN7O3. The number of anilines is 3. The summed E-state index contributed by atoms with van der Waals surface area (Å²) in [6, 6.07) is 16.6. The molecule has 0 unspecified atom stereocenters. The molecule has 0 fully saturated rings. The van der Waals surface area contributed by atoms with Crippen LogP contribution in [0.15, 0.2) is 79.4 Å². The van der Waals surface area contributed by atoms with Gasteiger partial charge >= 0.3 is 0 Å². The van der Waals surface area contributed by atoms with E-state index in [-0.39, 0.29) is 37.2 Å². The number of ether oxygens (including phenoxy) is 1. The third-order valence-electron chi connectivity index (χ3n) is 5.80. The molecule has 0 radical (unpaired) electrons. The average Bonchev–Trinajstić information content (AvgIpc) is 3.48. The van der Waals surface area contributed by atoms with Gasteiger partial charge < -0.3 is 20.7 Å². The van der Waals surface area contributed by atoms with Gasteiger partial charge in [-0.15, -0.1) is 0 Å². The van der Waals surface area contributed by atoms with Gasteiger partial charge in [-0.1, -0.05) is 23.7 Å². The number of aromatic amines is 1. The normalized spacial score (nSPS) is 10.8. The van der Waals surface area contributed by atoms with Crippen LogP contribution in [0.3, 0.4) is 0 Å². The van der Waals surface area contributed by atoms with E-state index >= 15 is 0 Å². The summed E-state index contributed by atoms with van der Waals surface area (Å²) in [5, 5.41) is 16.1. The van der Waals surface area contributed by atoms with Crippen LogP contribution in [0.2, 0.25) is 5.02 Å². The summed E-state index contributed by atoms with van der Waals surface area (Å²) in [6.07, 6.45) is 4.40. The highest BCUT2D eigenvalue weighted by molar-refractivity contribution is 6.32. The van der Waals surface area contributed by atoms with Gasteiger partial charge in [0.05, 0.1) is 22.3 Å². The zero-order valence-electron chi connectivity index (χ0n) is 20.9. The fraction of sp³-hybridized carbons (Fsp3) is 0.107. The molecule has 12 heteroatoms. The lowest BCUT2D eigenvalue weighted by Crippen LogP contribution is -2.27. The third kappa shape index (κ3) is 6.69. The standard InChI is InChI=1S/C28H23ClFN7O3/c29-23-12-21(5-7-25(23)40-15-17-2-1-3-19(30)10-17)37-27-22-11-20(4-6-24(22)32-16-33-27)36-26(38)8-9-31-28(39)18-13-34-35-14-18/h1-7,10-14,16H,8-9,15H2,(H,31,39)(H,34,35)(H,36,38)(H,32,33,37). The van der Waals surface area contributed by atoms with Gasteiger partial charge in [0.15, 0.2) is 0 Å². The smallest absolute Gasteiger partial charge is 0.254 e. The Morgan fingerprint density at radius 3 is 2.70 bits per heavy atom. The van der Waals surface area contributed by atoms with Crippen LogP contribution in [0, 0.1) is 5.82 Å². The second-order valence-corrected chi connectivity index (χ2v) is 9.09. The second kappa shape index (κ2) is 12.2. The topological polar surface area (TPSA) is 134 Å². The van der Waals surface area contributed by atoms with Gasteiger partial charge in [-0.3, -0.25) is 14.7 Å². The number of amides is 2. The molecule has 0 aliphatic heterocycles. The molecule has 202 valence electrons. The zero-order valence-corrected chi connectivity index (χ0v) is 21.7. The number of nitrogens with one attached hydrogen (secondary N) is 4. The van der Waals surface area contributed by atoms with Crippen LogP contribution in [0.5, 0.6) is 5.75 Å². The number of rotatable bonds is 10. The third-order valence-corrected chi connectivity index (χ3v) is 6.09. The largest absolute Gasteiger partial charge is 0.487 e. The minimum absolute atomic E-state index is 0.0875. The van der Waals surface area contributed by atoms with E-state index in [2.05, 4.69) is 36.1 Å². The van der Waals surface area contributed by atoms with Gasteiger partial charge in [0, 0.05) is 35.9 Å². The summed E-state index contributed by atoms with van der Waals surface area (Å²) >= 11 is 6.43. The van der Waals surface area contributed by atoms with E-state index in [0.717, 1.165) is 0 Å². The minimum atomic E-state index is -0.332. The van der Waals surface area contributed by atoms with E-state index in [9.17, 15) is 14.0 Å². The van der Waals surface area contributed by atoms with Crippen molar-refractivity contribution >= 4 is 51.5 Å². The van der Waals surface area contributed by atoms with Crippen molar-refractivity contribution in [2.45, 2.75) is 13.0 Å². The number of nitrogens with zero attached hydrogens (tertiary/aromatic N) is 3. The highest BCUT2D eigenvalue weighted by Gasteiger charge is 2.11. The maximum atomic E-state index is 13.4. The van der Waals surface area contributed by atoms with E-state index < -0.39 is 0 Å². The average molecular weight is 560 g/mol. The van der Waals surface area contributed by atoms with Crippen LogP contribution in [-0.2, 0) is 11.4 Å². The first-order chi connectivity index (χ1) is 19.4. The van der Waals surface area contributed by atoms with E-state index in [4.69, 9.17) is 16.3 Å². The van der Waals surface area contributed by atoms with Crippen LogP contribution in [0.25, 0.3) is 10.9 Å². The molecule has 0 spiro atoms. The zero-order chi connectivity index (χ0) is 27.9. The Labute approximate surface area is 233 Å². The molecule has 5 aromatic rings. The predicted octanol–water partition coefficient (Wildman–Crippen LogP) is 5.23. The molecule has 40 heavy (non-hydrogen) atoms. The highest BCUT2D eigenvalue weighted by atomic mass is 35.5. The quantitative estimate of drug-likeness (QED) is 0.184. The molecule has 5 rings (SSSR count). The van der Waals surface area contributed by atoms with Crippen molar-refractivity contribution in [1.82, 2.24) is 25.5 Å². The lowest BCUT2D eigenvalue weighted by atomic mass is 10.2. The number of hydrogen-bond donors (Lipinski definition) is 4. The molecule has 2 heterocycles. The molecule has 0 atom stereocenters. The van der Waals surface area contributed by atoms with Crippen molar-refractivity contribution < 1.29 is 18.7 Å². The maximum Gasteiger partial charge on any atom is 0.254 e. The monoisotopic (exact) mass is 559 g/mol. The fourth-order valence-corrected chi connectivity index (χ4v) is 4.08. The van der Waals surface area contributed by atoms with Crippen LogP contribution in [0.1, 0.15) is 22.3 Å². The number of H-pyrrole nitrogens is 1. The van der Waals surface area contributed by atoms with Crippen LogP contribution < -0.4 is 20.7 Å². The van der Waals surface area contributed by atoms with Crippen molar-refractivity contribution in [2.24, 2.45) is 0 Å². The Balaban J connectivity index is 1.22. The molecule has 2 aromatic heterocycles. The Morgan fingerprint density at radius 1 is 1.02 bits per heavy atom. The number of aromatic nitrogens is 4. The molecule has 0 aliphatic carbocycles. The Morgan fingerprint density at radius 2 is 1.90 bits per heavy atom. The van der Waals surface area contributed by atoms with Gasteiger partial charge in [-0.05, 0) is 54.1 Å². The van der Waals surface area contributed by atoms with Crippen LogP contribution >= 0.6 is 11.6 Å². The molecule has 4 N–H and O–H groups in total. The molecule has 10 nitrogen and oxygen atoms in total. The fourth-order valence-electron chi connectivity index (χ4n) is 3.84. The molecule has 0 saturated heterocycles. The summed E-state index contributed by atoms with van der Waals surface area (Å²) < 4.78 is 19.2. The number of benzene rings is 3. The molecule has 0 saturated carbocycles. The summed E-state index contributed by atoms with van der Waals surface area (Å²) in [4.78, 5) is 33.1.